The molecule has 1 saturated carbocycles. The van der Waals surface area contributed by atoms with Crippen LogP contribution in [0.25, 0.3) is 0 Å². The number of aromatic nitrogens is 2. The minimum absolute atomic E-state index is 0.188. The number of para-hydroxylation sites is 1. The number of nitrogens with one attached hydrogen (secondary N) is 1. The molecule has 8 heteroatoms. The first kappa shape index (κ1) is 21.9. The number of aliphatic hydroxyl groups excluding tert-OH is 1. The first-order valence-electron chi connectivity index (χ1n) is 10.5. The van der Waals surface area contributed by atoms with Gasteiger partial charge in [0, 0.05) is 30.6 Å². The van der Waals surface area contributed by atoms with Gasteiger partial charge in [0.05, 0.1) is 12.8 Å². The predicted octanol–water partition coefficient (Wildman–Crippen LogP) is 2.80. The molecule has 0 unspecified atom stereocenters. The number of carbonyl (C=O) groups is 1. The molecule has 4 rings (SSSR count). The van der Waals surface area contributed by atoms with Crippen LogP contribution in [0.2, 0.25) is 0 Å². The van der Waals surface area contributed by atoms with Crippen molar-refractivity contribution >= 4 is 5.91 Å². The molecule has 0 spiro atoms. The predicted molar refractivity (Wildman–Crippen MR) is 117 cm³/mol. The summed E-state index contributed by atoms with van der Waals surface area (Å²) in [5.41, 5.74) is 3.60. The number of aryl methyl sites for hydroxylation is 1. The third kappa shape index (κ3) is 4.92. The Morgan fingerprint density at radius 1 is 1.22 bits per heavy atom. The van der Waals surface area contributed by atoms with Crippen molar-refractivity contribution in [3.63, 3.8) is 0 Å². The molecule has 1 aliphatic carbocycles. The normalized spacial score (nSPS) is 13.3. The maximum atomic E-state index is 12.7. The van der Waals surface area contributed by atoms with Gasteiger partial charge in [-0.2, -0.15) is 5.10 Å². The van der Waals surface area contributed by atoms with Gasteiger partial charge in [-0.1, -0.05) is 36.4 Å². The van der Waals surface area contributed by atoms with Crippen LogP contribution in [0, 0.1) is 0 Å². The lowest BCUT2D eigenvalue weighted by Gasteiger charge is -2.15. The molecule has 3 aromatic rings. The number of hydrogen-bond donors (Lipinski definition) is 3. The molecule has 0 saturated heterocycles. The van der Waals surface area contributed by atoms with Gasteiger partial charge in [-0.25, -0.2) is 0 Å². The molecule has 0 atom stereocenters. The Morgan fingerprint density at radius 3 is 2.62 bits per heavy atom. The average molecular weight is 437 g/mol. The maximum Gasteiger partial charge on any atom is 0.269 e. The number of carbonyl (C=O) groups excluding carboxylic acids is 1. The number of ether oxygens (including phenoxy) is 2. The second kappa shape index (κ2) is 9.42. The lowest BCUT2D eigenvalue weighted by Crippen LogP contribution is -2.25. The van der Waals surface area contributed by atoms with E-state index in [-0.39, 0.29) is 19.1 Å². The zero-order valence-electron chi connectivity index (χ0n) is 18.1. The van der Waals surface area contributed by atoms with E-state index in [4.69, 9.17) is 9.47 Å². The van der Waals surface area contributed by atoms with Crippen molar-refractivity contribution in [1.82, 2.24) is 15.1 Å². The molecule has 2 aromatic carbocycles. The summed E-state index contributed by atoms with van der Waals surface area (Å²) in [5.74, 6) is 1.41. The van der Waals surface area contributed by atoms with Crippen molar-refractivity contribution in [2.45, 2.75) is 38.2 Å². The van der Waals surface area contributed by atoms with E-state index in [0.717, 1.165) is 29.7 Å². The lowest BCUT2D eigenvalue weighted by atomic mass is 10.1. The molecule has 1 amide bonds. The lowest BCUT2D eigenvalue weighted by molar-refractivity contribution is -0.0425. The second-order valence-electron chi connectivity index (χ2n) is 7.89. The number of benzene rings is 2. The largest absolute Gasteiger partial charge is 0.493 e. The van der Waals surface area contributed by atoms with Crippen molar-refractivity contribution in [2.24, 2.45) is 7.05 Å². The molecule has 1 heterocycles. The molecule has 0 radical (unpaired) electrons. The standard InChI is InChI=1S/C24H27N3O5/c1-27-20(12-19(26-27)16-10-11-16)23(28)25-13-18-4-3-5-21(22(18)31-2)32-14-15-6-8-17(9-7-15)24(29)30/h3-9,12,16,24,29-30H,10-11,13-14H2,1-2H3,(H,25,28). The van der Waals surface area contributed by atoms with Gasteiger partial charge in [0.15, 0.2) is 17.8 Å². The summed E-state index contributed by atoms with van der Waals surface area (Å²) in [4.78, 5) is 12.7. The van der Waals surface area contributed by atoms with Crippen LogP contribution < -0.4 is 14.8 Å². The average Bonchev–Trinajstić information content (AvgIpc) is 3.57. The summed E-state index contributed by atoms with van der Waals surface area (Å²) in [6.45, 7) is 0.569. The van der Waals surface area contributed by atoms with E-state index in [9.17, 15) is 15.0 Å². The van der Waals surface area contributed by atoms with E-state index >= 15 is 0 Å². The summed E-state index contributed by atoms with van der Waals surface area (Å²) in [6.07, 6.45) is 0.772. The van der Waals surface area contributed by atoms with Crippen LogP contribution in [0.5, 0.6) is 11.5 Å². The summed E-state index contributed by atoms with van der Waals surface area (Å²) in [5, 5.41) is 25.8. The molecule has 168 valence electrons. The molecule has 1 aliphatic rings. The fraction of sp³-hybridized carbons (Fsp3) is 0.333. The minimum Gasteiger partial charge on any atom is -0.493 e. The Kier molecular flexibility index (Phi) is 6.43. The molecule has 1 aromatic heterocycles. The monoisotopic (exact) mass is 437 g/mol. The molecule has 8 nitrogen and oxygen atoms in total. The van der Waals surface area contributed by atoms with Gasteiger partial charge in [0.2, 0.25) is 0 Å². The first-order valence-corrected chi connectivity index (χ1v) is 10.5. The Bertz CT molecular complexity index is 1090. The molecule has 32 heavy (non-hydrogen) atoms. The van der Waals surface area contributed by atoms with Gasteiger partial charge in [-0.05, 0) is 30.5 Å². The number of hydrogen-bond acceptors (Lipinski definition) is 6. The number of rotatable bonds is 9. The van der Waals surface area contributed by atoms with Gasteiger partial charge in [0.1, 0.15) is 12.3 Å². The highest BCUT2D eigenvalue weighted by Gasteiger charge is 2.28. The number of methoxy groups -OCH3 is 1. The molecule has 0 bridgehead atoms. The molecule has 1 fully saturated rings. The number of amides is 1. The Morgan fingerprint density at radius 2 is 1.97 bits per heavy atom. The van der Waals surface area contributed by atoms with Crippen LogP contribution in [-0.2, 0) is 20.2 Å². The quantitative estimate of drug-likeness (QED) is 0.445. The minimum atomic E-state index is -1.50. The molecule has 0 aliphatic heterocycles. The van der Waals surface area contributed by atoms with E-state index in [1.807, 2.05) is 18.2 Å². The number of aliphatic hydroxyl groups is 2. The highest BCUT2D eigenvalue weighted by atomic mass is 16.5. The van der Waals surface area contributed by atoms with Gasteiger partial charge in [0.25, 0.3) is 5.91 Å². The smallest absolute Gasteiger partial charge is 0.269 e. The van der Waals surface area contributed by atoms with Gasteiger partial charge < -0.3 is 25.0 Å². The Balaban J connectivity index is 1.41. The third-order valence-corrected chi connectivity index (χ3v) is 5.50. The Labute approximate surface area is 186 Å². The second-order valence-corrected chi connectivity index (χ2v) is 7.89. The molecular formula is C24H27N3O5. The Hall–Kier alpha value is -3.36. The maximum absolute atomic E-state index is 12.7. The molecule has 3 N–H and O–H groups in total. The van der Waals surface area contributed by atoms with Crippen LogP contribution in [0.1, 0.15) is 57.9 Å². The van der Waals surface area contributed by atoms with E-state index in [1.165, 1.54) is 0 Å². The van der Waals surface area contributed by atoms with Gasteiger partial charge in [-0.15, -0.1) is 0 Å². The van der Waals surface area contributed by atoms with Gasteiger partial charge in [-0.3, -0.25) is 9.48 Å². The van der Waals surface area contributed by atoms with Crippen LogP contribution in [0.4, 0.5) is 0 Å². The van der Waals surface area contributed by atoms with E-state index in [2.05, 4.69) is 10.4 Å². The summed E-state index contributed by atoms with van der Waals surface area (Å²) in [6, 6.07) is 14.2. The van der Waals surface area contributed by atoms with Crippen molar-refractivity contribution in [1.29, 1.82) is 0 Å². The fourth-order valence-corrected chi connectivity index (χ4v) is 3.54. The van der Waals surface area contributed by atoms with Crippen molar-refractivity contribution in [3.05, 3.63) is 76.6 Å². The fourth-order valence-electron chi connectivity index (χ4n) is 3.54. The SMILES string of the molecule is COc1c(CNC(=O)c2cc(C3CC3)nn2C)cccc1OCc1ccc(C(O)O)cc1. The van der Waals surface area contributed by atoms with Crippen LogP contribution in [0.3, 0.4) is 0 Å². The van der Waals surface area contributed by atoms with E-state index in [1.54, 1.807) is 49.2 Å². The van der Waals surface area contributed by atoms with Gasteiger partial charge >= 0.3 is 0 Å². The van der Waals surface area contributed by atoms with Crippen LogP contribution >= 0.6 is 0 Å². The number of nitrogens with zero attached hydrogens (tertiary/aromatic N) is 2. The topological polar surface area (TPSA) is 106 Å². The highest BCUT2D eigenvalue weighted by molar-refractivity contribution is 5.92. The van der Waals surface area contributed by atoms with Crippen molar-refractivity contribution in [3.8, 4) is 11.5 Å². The van der Waals surface area contributed by atoms with Crippen LogP contribution in [0.15, 0.2) is 48.5 Å². The van der Waals surface area contributed by atoms with E-state index < -0.39 is 6.29 Å². The van der Waals surface area contributed by atoms with Crippen molar-refractivity contribution < 1.29 is 24.5 Å². The third-order valence-electron chi connectivity index (χ3n) is 5.50. The van der Waals surface area contributed by atoms with Crippen molar-refractivity contribution in [2.75, 3.05) is 7.11 Å². The molecular weight excluding hydrogens is 410 g/mol. The summed E-state index contributed by atoms with van der Waals surface area (Å²) >= 11 is 0. The zero-order valence-corrected chi connectivity index (χ0v) is 18.1. The summed E-state index contributed by atoms with van der Waals surface area (Å²) in [7, 11) is 3.34. The zero-order chi connectivity index (χ0) is 22.7. The first-order chi connectivity index (χ1) is 15.5. The van der Waals surface area contributed by atoms with Crippen LogP contribution in [-0.4, -0.2) is 33.0 Å². The van der Waals surface area contributed by atoms with E-state index in [0.29, 0.717) is 28.7 Å². The summed E-state index contributed by atoms with van der Waals surface area (Å²) < 4.78 is 13.1. The highest BCUT2D eigenvalue weighted by Crippen LogP contribution is 2.39.